The molecule has 1 heterocycles. The highest BCUT2D eigenvalue weighted by molar-refractivity contribution is 9.11. The summed E-state index contributed by atoms with van der Waals surface area (Å²) in [5, 5.41) is 0. The molecular formula is C20H23Br2NO. The van der Waals surface area contributed by atoms with Crippen LogP contribution < -0.4 is 4.74 Å². The van der Waals surface area contributed by atoms with Gasteiger partial charge in [0.25, 0.3) is 0 Å². The molecule has 24 heavy (non-hydrogen) atoms. The van der Waals surface area contributed by atoms with E-state index in [0.29, 0.717) is 5.92 Å². The minimum atomic E-state index is 0.582. The normalized spacial score (nSPS) is 16.3. The second-order valence-electron chi connectivity index (χ2n) is 6.48. The van der Waals surface area contributed by atoms with Crippen molar-refractivity contribution in [3.63, 3.8) is 0 Å². The maximum atomic E-state index is 5.96. The van der Waals surface area contributed by atoms with Crippen molar-refractivity contribution >= 4 is 31.9 Å². The molecule has 0 spiro atoms. The van der Waals surface area contributed by atoms with E-state index in [1.165, 1.54) is 44.5 Å². The molecule has 0 amide bonds. The molecule has 1 saturated heterocycles. The van der Waals surface area contributed by atoms with E-state index in [2.05, 4.69) is 67.9 Å². The maximum Gasteiger partial charge on any atom is 0.141 e. The predicted octanol–water partition coefficient (Wildman–Crippen LogP) is 6.59. The van der Waals surface area contributed by atoms with Gasteiger partial charge >= 0.3 is 0 Å². The number of hydrogen-bond acceptors (Lipinski definition) is 2. The molecule has 1 atom stereocenters. The third-order valence-electron chi connectivity index (χ3n) is 4.65. The molecular weight excluding hydrogens is 430 g/mol. The average molecular weight is 453 g/mol. The second kappa shape index (κ2) is 8.50. The van der Waals surface area contributed by atoms with E-state index in [-0.39, 0.29) is 0 Å². The summed E-state index contributed by atoms with van der Waals surface area (Å²) in [5.74, 6) is 2.28. The molecule has 0 radical (unpaired) electrons. The number of nitrogens with zero attached hydrogens (tertiary/aromatic N) is 1. The number of ether oxygens (including phenoxy) is 1. The van der Waals surface area contributed by atoms with Crippen LogP contribution in [-0.2, 0) is 0 Å². The number of halogens is 2. The first-order valence-corrected chi connectivity index (χ1v) is 10.2. The second-order valence-corrected chi connectivity index (χ2v) is 8.25. The highest BCUT2D eigenvalue weighted by atomic mass is 79.9. The number of rotatable bonds is 6. The third-order valence-corrected chi connectivity index (χ3v) is 5.76. The molecule has 1 unspecified atom stereocenters. The topological polar surface area (TPSA) is 12.5 Å². The van der Waals surface area contributed by atoms with E-state index >= 15 is 0 Å². The minimum absolute atomic E-state index is 0.582. The summed E-state index contributed by atoms with van der Waals surface area (Å²) in [6, 6.07) is 14.4. The molecule has 1 aliphatic heterocycles. The lowest BCUT2D eigenvalue weighted by Crippen LogP contribution is -2.21. The van der Waals surface area contributed by atoms with Gasteiger partial charge in [-0.15, -0.1) is 0 Å². The van der Waals surface area contributed by atoms with Gasteiger partial charge in [-0.05, 0) is 96.6 Å². The highest BCUT2D eigenvalue weighted by Crippen LogP contribution is 2.32. The van der Waals surface area contributed by atoms with Crippen LogP contribution in [0.1, 0.15) is 37.7 Å². The van der Waals surface area contributed by atoms with Gasteiger partial charge in [0.1, 0.15) is 11.5 Å². The lowest BCUT2D eigenvalue weighted by molar-refractivity contribution is 0.324. The van der Waals surface area contributed by atoms with Crippen LogP contribution in [0, 0.1) is 0 Å². The molecule has 0 aromatic heterocycles. The van der Waals surface area contributed by atoms with Crippen LogP contribution in [-0.4, -0.2) is 24.5 Å². The lowest BCUT2D eigenvalue weighted by Gasteiger charge is -2.18. The Kier molecular flexibility index (Phi) is 6.37. The molecule has 0 aliphatic carbocycles. The third kappa shape index (κ3) is 4.84. The fourth-order valence-electron chi connectivity index (χ4n) is 3.10. The van der Waals surface area contributed by atoms with Crippen LogP contribution >= 0.6 is 31.9 Å². The summed E-state index contributed by atoms with van der Waals surface area (Å²) in [6.07, 6.45) is 3.95. The largest absolute Gasteiger partial charge is 0.456 e. The molecule has 2 aromatic carbocycles. The summed E-state index contributed by atoms with van der Waals surface area (Å²) < 4.78 is 7.94. The van der Waals surface area contributed by atoms with Gasteiger partial charge in [-0.25, -0.2) is 0 Å². The fourth-order valence-corrected chi connectivity index (χ4v) is 4.23. The first-order valence-electron chi connectivity index (χ1n) is 8.57. The van der Waals surface area contributed by atoms with Crippen molar-refractivity contribution < 1.29 is 4.74 Å². The Morgan fingerprint density at radius 1 is 1.04 bits per heavy atom. The van der Waals surface area contributed by atoms with E-state index in [1.54, 1.807) is 0 Å². The van der Waals surface area contributed by atoms with Crippen molar-refractivity contribution in [3.05, 3.63) is 57.0 Å². The van der Waals surface area contributed by atoms with E-state index in [1.807, 2.05) is 18.2 Å². The molecule has 0 saturated carbocycles. The van der Waals surface area contributed by atoms with Gasteiger partial charge in [-0.3, -0.25) is 0 Å². The molecule has 1 aliphatic rings. The van der Waals surface area contributed by atoms with E-state index in [0.717, 1.165) is 20.4 Å². The molecule has 128 valence electrons. The van der Waals surface area contributed by atoms with Crippen molar-refractivity contribution in [1.29, 1.82) is 0 Å². The predicted molar refractivity (Wildman–Crippen MR) is 107 cm³/mol. The summed E-state index contributed by atoms with van der Waals surface area (Å²) in [7, 11) is 0. The van der Waals surface area contributed by atoms with Gasteiger partial charge in [0.15, 0.2) is 0 Å². The fraction of sp³-hybridized carbons (Fsp3) is 0.400. The van der Waals surface area contributed by atoms with Crippen molar-refractivity contribution in [3.8, 4) is 11.5 Å². The molecule has 0 bridgehead atoms. The minimum Gasteiger partial charge on any atom is -0.456 e. The molecule has 2 aromatic rings. The Morgan fingerprint density at radius 2 is 1.75 bits per heavy atom. The maximum absolute atomic E-state index is 5.96. The smallest absolute Gasteiger partial charge is 0.141 e. The van der Waals surface area contributed by atoms with Gasteiger partial charge in [0, 0.05) is 4.47 Å². The number of hydrogen-bond donors (Lipinski definition) is 0. The highest BCUT2D eigenvalue weighted by Gasteiger charge is 2.13. The monoisotopic (exact) mass is 451 g/mol. The Labute approximate surface area is 161 Å². The Morgan fingerprint density at radius 3 is 2.42 bits per heavy atom. The van der Waals surface area contributed by atoms with Crippen LogP contribution in [0.5, 0.6) is 11.5 Å². The number of benzene rings is 2. The molecule has 2 nitrogen and oxygen atoms in total. The van der Waals surface area contributed by atoms with Crippen molar-refractivity contribution in [1.82, 2.24) is 4.90 Å². The lowest BCUT2D eigenvalue weighted by atomic mass is 9.97. The van der Waals surface area contributed by atoms with E-state index in [9.17, 15) is 0 Å². The van der Waals surface area contributed by atoms with Gasteiger partial charge in [-0.1, -0.05) is 35.0 Å². The molecule has 4 heteroatoms. The van der Waals surface area contributed by atoms with Gasteiger partial charge in [0.05, 0.1) is 4.47 Å². The van der Waals surface area contributed by atoms with Crippen LogP contribution in [0.2, 0.25) is 0 Å². The van der Waals surface area contributed by atoms with E-state index in [4.69, 9.17) is 4.74 Å². The average Bonchev–Trinajstić information content (AvgIpc) is 3.09. The Balaban J connectivity index is 1.57. The summed E-state index contributed by atoms with van der Waals surface area (Å²) in [5.41, 5.74) is 1.39. The zero-order valence-electron chi connectivity index (χ0n) is 14.0. The van der Waals surface area contributed by atoms with Crippen LogP contribution in [0.3, 0.4) is 0 Å². The van der Waals surface area contributed by atoms with Crippen LogP contribution in [0.25, 0.3) is 0 Å². The first-order chi connectivity index (χ1) is 11.6. The van der Waals surface area contributed by atoms with Crippen molar-refractivity contribution in [2.45, 2.75) is 32.1 Å². The summed E-state index contributed by atoms with van der Waals surface area (Å²) >= 11 is 6.99. The SMILES string of the molecule is CC(CCN1CCCC1)c1ccc(Oc2ccc(Br)cc2Br)cc1. The first kappa shape index (κ1) is 18.0. The molecule has 0 N–H and O–H groups in total. The molecule has 3 rings (SSSR count). The Bertz CT molecular complexity index is 666. The van der Waals surface area contributed by atoms with Crippen LogP contribution in [0.15, 0.2) is 51.4 Å². The van der Waals surface area contributed by atoms with Crippen molar-refractivity contribution in [2.24, 2.45) is 0 Å². The van der Waals surface area contributed by atoms with Gasteiger partial charge < -0.3 is 9.64 Å². The van der Waals surface area contributed by atoms with Gasteiger partial charge in [0.2, 0.25) is 0 Å². The van der Waals surface area contributed by atoms with Crippen LogP contribution in [0.4, 0.5) is 0 Å². The zero-order valence-corrected chi connectivity index (χ0v) is 17.1. The van der Waals surface area contributed by atoms with Crippen molar-refractivity contribution in [2.75, 3.05) is 19.6 Å². The standard InChI is InChI=1S/C20H23Br2NO/c1-15(10-13-23-11-2-3-12-23)16-4-7-18(8-5-16)24-20-9-6-17(21)14-19(20)22/h4-9,14-15H,2-3,10-13H2,1H3. The summed E-state index contributed by atoms with van der Waals surface area (Å²) in [6.45, 7) is 6.09. The Hall–Kier alpha value is -0.840. The zero-order chi connectivity index (χ0) is 16.9. The quantitative estimate of drug-likeness (QED) is 0.489. The number of likely N-dealkylation sites (tertiary alicyclic amines) is 1. The summed E-state index contributed by atoms with van der Waals surface area (Å²) in [4.78, 5) is 2.58. The van der Waals surface area contributed by atoms with Gasteiger partial charge in [-0.2, -0.15) is 0 Å². The molecule has 1 fully saturated rings. The van der Waals surface area contributed by atoms with E-state index < -0.39 is 0 Å².